The van der Waals surface area contributed by atoms with E-state index in [-0.39, 0.29) is 18.6 Å². The van der Waals surface area contributed by atoms with E-state index in [9.17, 15) is 13.5 Å². The van der Waals surface area contributed by atoms with E-state index in [0.717, 1.165) is 37.9 Å². The van der Waals surface area contributed by atoms with E-state index in [1.165, 1.54) is 4.31 Å². The summed E-state index contributed by atoms with van der Waals surface area (Å²) in [5, 5.41) is 9.64. The molecule has 2 aliphatic rings. The minimum atomic E-state index is -3.40. The third-order valence-corrected chi connectivity index (χ3v) is 7.15. The third kappa shape index (κ3) is 4.10. The average Bonchev–Trinajstić information content (AvgIpc) is 2.86. The van der Waals surface area contributed by atoms with Crippen molar-refractivity contribution in [1.29, 1.82) is 0 Å². The van der Waals surface area contributed by atoms with Crippen molar-refractivity contribution in [3.05, 3.63) is 0 Å². The zero-order valence-electron chi connectivity index (χ0n) is 12.1. The SMILES string of the molecule is CCSC1CCCC1NS(=O)(=O)N1CCCC(CO)C1. The quantitative estimate of drug-likeness (QED) is 0.771. The number of nitrogens with one attached hydrogen (secondary N) is 1. The van der Waals surface area contributed by atoms with Gasteiger partial charge in [-0.25, -0.2) is 0 Å². The molecule has 5 nitrogen and oxygen atoms in total. The molecule has 2 rings (SSSR count). The van der Waals surface area contributed by atoms with Gasteiger partial charge >= 0.3 is 0 Å². The summed E-state index contributed by atoms with van der Waals surface area (Å²) in [7, 11) is -3.40. The fourth-order valence-corrected chi connectivity index (χ4v) is 6.01. The van der Waals surface area contributed by atoms with Gasteiger partial charge in [-0.05, 0) is 37.4 Å². The molecule has 0 amide bonds. The molecule has 0 bridgehead atoms. The predicted octanol–water partition coefficient (Wildman–Crippen LogP) is 1.20. The van der Waals surface area contributed by atoms with Gasteiger partial charge in [0.25, 0.3) is 10.2 Å². The lowest BCUT2D eigenvalue weighted by Gasteiger charge is -2.32. The zero-order chi connectivity index (χ0) is 14.6. The molecule has 3 unspecified atom stereocenters. The molecule has 1 aliphatic carbocycles. The van der Waals surface area contributed by atoms with Crippen molar-refractivity contribution >= 4 is 22.0 Å². The Morgan fingerprint density at radius 1 is 1.30 bits per heavy atom. The molecule has 1 heterocycles. The Morgan fingerprint density at radius 3 is 2.80 bits per heavy atom. The van der Waals surface area contributed by atoms with Gasteiger partial charge in [-0.3, -0.25) is 0 Å². The van der Waals surface area contributed by atoms with Crippen LogP contribution in [0.2, 0.25) is 0 Å². The topological polar surface area (TPSA) is 69.6 Å². The minimum absolute atomic E-state index is 0.0689. The normalized spacial score (nSPS) is 32.6. The summed E-state index contributed by atoms with van der Waals surface area (Å²) in [4.78, 5) is 0. The molecule has 0 aromatic carbocycles. The van der Waals surface area contributed by atoms with Crippen molar-refractivity contribution in [3.8, 4) is 0 Å². The molecule has 0 spiro atoms. The van der Waals surface area contributed by atoms with Gasteiger partial charge in [-0.2, -0.15) is 29.2 Å². The van der Waals surface area contributed by atoms with Crippen LogP contribution in [0.1, 0.15) is 39.0 Å². The Labute approximate surface area is 126 Å². The lowest BCUT2D eigenvalue weighted by molar-refractivity contribution is 0.164. The molecule has 0 radical (unpaired) electrons. The molecule has 2 fully saturated rings. The largest absolute Gasteiger partial charge is 0.396 e. The predicted molar refractivity (Wildman–Crippen MR) is 83.0 cm³/mol. The highest BCUT2D eigenvalue weighted by atomic mass is 32.2. The van der Waals surface area contributed by atoms with Crippen molar-refractivity contribution < 1.29 is 13.5 Å². The Balaban J connectivity index is 1.96. The molecule has 0 aromatic heterocycles. The van der Waals surface area contributed by atoms with Gasteiger partial charge in [0.05, 0.1) is 0 Å². The number of hydrogen-bond donors (Lipinski definition) is 2. The van der Waals surface area contributed by atoms with Gasteiger partial charge in [-0.1, -0.05) is 13.3 Å². The molecular weight excluding hydrogens is 296 g/mol. The highest BCUT2D eigenvalue weighted by Gasteiger charge is 2.34. The van der Waals surface area contributed by atoms with Gasteiger partial charge in [0.1, 0.15) is 0 Å². The number of aliphatic hydroxyl groups is 1. The zero-order valence-corrected chi connectivity index (χ0v) is 13.8. The maximum absolute atomic E-state index is 12.5. The third-order valence-electron chi connectivity index (χ3n) is 4.21. The van der Waals surface area contributed by atoms with Crippen LogP contribution in [0.4, 0.5) is 0 Å². The van der Waals surface area contributed by atoms with E-state index in [2.05, 4.69) is 11.6 Å². The van der Waals surface area contributed by atoms with Crippen LogP contribution < -0.4 is 4.72 Å². The van der Waals surface area contributed by atoms with Crippen LogP contribution in [0.5, 0.6) is 0 Å². The van der Waals surface area contributed by atoms with E-state index >= 15 is 0 Å². The number of piperidine rings is 1. The molecule has 20 heavy (non-hydrogen) atoms. The van der Waals surface area contributed by atoms with Crippen LogP contribution >= 0.6 is 11.8 Å². The highest BCUT2D eigenvalue weighted by molar-refractivity contribution is 8.00. The first-order valence-corrected chi connectivity index (χ1v) is 10.1. The Bertz CT molecular complexity index is 402. The van der Waals surface area contributed by atoms with Gasteiger partial charge in [0, 0.05) is 31.0 Å². The molecule has 1 aliphatic heterocycles. The smallest absolute Gasteiger partial charge is 0.279 e. The Kier molecular flexibility index (Phi) is 6.16. The second kappa shape index (κ2) is 7.45. The molecule has 7 heteroatoms. The first-order chi connectivity index (χ1) is 9.56. The van der Waals surface area contributed by atoms with Crippen molar-refractivity contribution in [3.63, 3.8) is 0 Å². The molecule has 118 valence electrons. The summed E-state index contributed by atoms with van der Waals surface area (Å²) in [6, 6.07) is 0.0689. The molecule has 0 aromatic rings. The molecule has 3 atom stereocenters. The van der Waals surface area contributed by atoms with Gasteiger partial charge in [0.2, 0.25) is 0 Å². The minimum Gasteiger partial charge on any atom is -0.396 e. The molecule has 1 saturated carbocycles. The summed E-state index contributed by atoms with van der Waals surface area (Å²) < 4.78 is 29.4. The standard InChI is InChI=1S/C13H26N2O3S2/c1-2-19-13-7-3-6-12(13)14-20(17,18)15-8-4-5-11(9-15)10-16/h11-14,16H,2-10H2,1H3. The average molecular weight is 322 g/mol. The first kappa shape index (κ1) is 16.5. The molecule has 2 N–H and O–H groups in total. The monoisotopic (exact) mass is 322 g/mol. The van der Waals surface area contributed by atoms with Crippen molar-refractivity contribution in [2.75, 3.05) is 25.4 Å². The van der Waals surface area contributed by atoms with Crippen molar-refractivity contribution in [2.45, 2.75) is 50.3 Å². The van der Waals surface area contributed by atoms with Crippen LogP contribution in [-0.4, -0.2) is 54.6 Å². The summed E-state index contributed by atoms with van der Waals surface area (Å²) in [6.45, 7) is 3.21. The number of aliphatic hydroxyl groups excluding tert-OH is 1. The van der Waals surface area contributed by atoms with Crippen molar-refractivity contribution in [2.24, 2.45) is 5.92 Å². The van der Waals surface area contributed by atoms with Gasteiger partial charge in [0.15, 0.2) is 0 Å². The summed E-state index contributed by atoms with van der Waals surface area (Å²) >= 11 is 1.85. The van der Waals surface area contributed by atoms with E-state index in [1.54, 1.807) is 0 Å². The van der Waals surface area contributed by atoms with E-state index in [1.807, 2.05) is 11.8 Å². The van der Waals surface area contributed by atoms with Crippen LogP contribution in [0.15, 0.2) is 0 Å². The number of hydrogen-bond acceptors (Lipinski definition) is 4. The molecule has 1 saturated heterocycles. The van der Waals surface area contributed by atoms with Crippen LogP contribution in [0.3, 0.4) is 0 Å². The van der Waals surface area contributed by atoms with E-state index in [0.29, 0.717) is 18.3 Å². The number of nitrogens with zero attached hydrogens (tertiary/aromatic N) is 1. The lowest BCUT2D eigenvalue weighted by atomic mass is 10.0. The van der Waals surface area contributed by atoms with E-state index in [4.69, 9.17) is 0 Å². The van der Waals surface area contributed by atoms with Crippen LogP contribution in [0.25, 0.3) is 0 Å². The second-order valence-electron chi connectivity index (χ2n) is 5.70. The lowest BCUT2D eigenvalue weighted by Crippen LogP contribution is -2.50. The molecular formula is C13H26N2O3S2. The maximum Gasteiger partial charge on any atom is 0.279 e. The summed E-state index contributed by atoms with van der Waals surface area (Å²) in [6.07, 6.45) is 4.90. The first-order valence-electron chi connectivity index (χ1n) is 7.56. The number of thioether (sulfide) groups is 1. The summed E-state index contributed by atoms with van der Waals surface area (Å²) in [5.74, 6) is 1.11. The van der Waals surface area contributed by atoms with Crippen LogP contribution in [-0.2, 0) is 10.2 Å². The Hall–Kier alpha value is 0.180. The van der Waals surface area contributed by atoms with Crippen LogP contribution in [0, 0.1) is 5.92 Å². The summed E-state index contributed by atoms with van der Waals surface area (Å²) in [5.41, 5.74) is 0. The fourth-order valence-electron chi connectivity index (χ4n) is 3.13. The highest BCUT2D eigenvalue weighted by Crippen LogP contribution is 2.31. The van der Waals surface area contributed by atoms with E-state index < -0.39 is 10.2 Å². The number of rotatable bonds is 6. The Morgan fingerprint density at radius 2 is 2.10 bits per heavy atom. The fraction of sp³-hybridized carbons (Fsp3) is 1.00. The van der Waals surface area contributed by atoms with Crippen molar-refractivity contribution in [1.82, 2.24) is 9.03 Å². The van der Waals surface area contributed by atoms with Gasteiger partial charge < -0.3 is 5.11 Å². The van der Waals surface area contributed by atoms with Gasteiger partial charge in [-0.15, -0.1) is 0 Å². The maximum atomic E-state index is 12.5. The second-order valence-corrected chi connectivity index (χ2v) is 8.92.